The molecule has 2 heteroatoms. The highest BCUT2D eigenvalue weighted by Crippen LogP contribution is 2.19. The Labute approximate surface area is 91.9 Å². The smallest absolute Gasteiger partial charge is 0.136 e. The second-order valence-corrected chi connectivity index (χ2v) is 4.08. The van der Waals surface area contributed by atoms with Crippen LogP contribution in [-0.2, 0) is 11.2 Å². The van der Waals surface area contributed by atoms with Crippen molar-refractivity contribution in [1.29, 1.82) is 0 Å². The zero-order valence-corrected chi connectivity index (χ0v) is 10.0. The fourth-order valence-electron chi connectivity index (χ4n) is 1.68. The van der Waals surface area contributed by atoms with Crippen molar-refractivity contribution in [2.24, 2.45) is 0 Å². The van der Waals surface area contributed by atoms with Gasteiger partial charge in [-0.2, -0.15) is 0 Å². The summed E-state index contributed by atoms with van der Waals surface area (Å²) in [6.45, 7) is 3.98. The van der Waals surface area contributed by atoms with E-state index in [-0.39, 0.29) is 0 Å². The number of Topliss-reactive ketones (excluding diaryl/α,β-unsaturated/α-hetero) is 1. The Morgan fingerprint density at radius 2 is 2.00 bits per heavy atom. The van der Waals surface area contributed by atoms with Gasteiger partial charge in [0.05, 0.1) is 0 Å². The quantitative estimate of drug-likeness (QED) is 0.753. The van der Waals surface area contributed by atoms with Gasteiger partial charge in [0.15, 0.2) is 0 Å². The molecule has 0 amide bonds. The highest BCUT2D eigenvalue weighted by atomic mass is 16.1. The predicted octanol–water partition coefficient (Wildman–Crippen LogP) is 2.58. The van der Waals surface area contributed by atoms with E-state index in [1.807, 2.05) is 27.1 Å². The summed E-state index contributed by atoms with van der Waals surface area (Å²) in [5, 5.41) is 0. The maximum atomic E-state index is 11.3. The number of aryl methyl sites for hydroxylation is 1. The van der Waals surface area contributed by atoms with E-state index in [0.717, 1.165) is 5.56 Å². The monoisotopic (exact) mass is 205 g/mol. The molecule has 0 aliphatic rings. The van der Waals surface area contributed by atoms with Crippen LogP contribution in [0, 0.1) is 6.92 Å². The largest absolute Gasteiger partial charge is 0.377 e. The number of hydrogen-bond donors (Lipinski definition) is 0. The first-order valence-electron chi connectivity index (χ1n) is 5.33. The zero-order chi connectivity index (χ0) is 11.4. The summed E-state index contributed by atoms with van der Waals surface area (Å²) in [6, 6.07) is 6.21. The van der Waals surface area contributed by atoms with Gasteiger partial charge in [-0.3, -0.25) is 4.79 Å². The number of nitrogens with zero attached hydrogens (tertiary/aromatic N) is 1. The first-order valence-corrected chi connectivity index (χ1v) is 5.33. The van der Waals surface area contributed by atoms with E-state index in [1.165, 1.54) is 11.3 Å². The van der Waals surface area contributed by atoms with Crippen molar-refractivity contribution in [2.45, 2.75) is 26.7 Å². The highest BCUT2D eigenvalue weighted by Gasteiger charge is 2.04. The minimum atomic E-state index is 0.298. The summed E-state index contributed by atoms with van der Waals surface area (Å²) in [5.74, 6) is 0.298. The van der Waals surface area contributed by atoms with Crippen molar-refractivity contribution in [3.05, 3.63) is 29.3 Å². The molecule has 1 aromatic rings. The second kappa shape index (κ2) is 4.96. The van der Waals surface area contributed by atoms with Crippen molar-refractivity contribution in [3.8, 4) is 0 Å². The average molecular weight is 205 g/mol. The van der Waals surface area contributed by atoms with Gasteiger partial charge in [-0.25, -0.2) is 0 Å². The van der Waals surface area contributed by atoms with E-state index in [4.69, 9.17) is 0 Å². The summed E-state index contributed by atoms with van der Waals surface area (Å²) in [6.07, 6.45) is 1.18. The lowest BCUT2D eigenvalue weighted by molar-refractivity contribution is -0.118. The Kier molecular flexibility index (Phi) is 3.89. The molecule has 0 atom stereocenters. The van der Waals surface area contributed by atoms with Crippen LogP contribution in [0.3, 0.4) is 0 Å². The van der Waals surface area contributed by atoms with Gasteiger partial charge in [0.2, 0.25) is 0 Å². The van der Waals surface area contributed by atoms with Crippen LogP contribution in [0.25, 0.3) is 0 Å². The Morgan fingerprint density at radius 3 is 2.47 bits per heavy atom. The number of carbonyl (C=O) groups excluding carboxylic acids is 1. The molecule has 0 aliphatic heterocycles. The number of carbonyl (C=O) groups is 1. The van der Waals surface area contributed by atoms with Crippen LogP contribution in [0.4, 0.5) is 5.69 Å². The summed E-state index contributed by atoms with van der Waals surface area (Å²) in [5.41, 5.74) is 3.55. The first kappa shape index (κ1) is 11.8. The molecule has 0 spiro atoms. The molecule has 0 fully saturated rings. The van der Waals surface area contributed by atoms with E-state index < -0.39 is 0 Å². The van der Waals surface area contributed by atoms with Crippen LogP contribution in [0.15, 0.2) is 18.2 Å². The van der Waals surface area contributed by atoms with Gasteiger partial charge in [-0.15, -0.1) is 0 Å². The highest BCUT2D eigenvalue weighted by molar-refractivity contribution is 5.80. The van der Waals surface area contributed by atoms with E-state index in [0.29, 0.717) is 18.6 Å². The minimum absolute atomic E-state index is 0.298. The van der Waals surface area contributed by atoms with Crippen LogP contribution in [0.2, 0.25) is 0 Å². The predicted molar refractivity (Wildman–Crippen MR) is 64.5 cm³/mol. The molecule has 0 bridgehead atoms. The Bertz CT molecular complexity index is 356. The van der Waals surface area contributed by atoms with Crippen LogP contribution >= 0.6 is 0 Å². The van der Waals surface area contributed by atoms with E-state index in [2.05, 4.69) is 24.0 Å². The third-order valence-electron chi connectivity index (χ3n) is 2.54. The van der Waals surface area contributed by atoms with Crippen LogP contribution in [0.1, 0.15) is 24.5 Å². The summed E-state index contributed by atoms with van der Waals surface area (Å²) in [7, 11) is 4.05. The molecule has 1 aromatic carbocycles. The van der Waals surface area contributed by atoms with E-state index in [9.17, 15) is 4.79 Å². The summed E-state index contributed by atoms with van der Waals surface area (Å²) < 4.78 is 0. The molecule has 0 aliphatic carbocycles. The molecule has 0 N–H and O–H groups in total. The molecular weight excluding hydrogens is 186 g/mol. The molecule has 0 saturated heterocycles. The summed E-state index contributed by atoms with van der Waals surface area (Å²) >= 11 is 0. The maximum Gasteiger partial charge on any atom is 0.136 e. The van der Waals surface area contributed by atoms with Crippen LogP contribution < -0.4 is 4.90 Å². The SMILES string of the molecule is CCC(=O)Cc1ccc(N(C)C)c(C)c1. The van der Waals surface area contributed by atoms with Gasteiger partial charge in [-0.05, 0) is 24.1 Å². The topological polar surface area (TPSA) is 20.3 Å². The van der Waals surface area contributed by atoms with Crippen molar-refractivity contribution >= 4 is 11.5 Å². The van der Waals surface area contributed by atoms with Crippen LogP contribution in [0.5, 0.6) is 0 Å². The van der Waals surface area contributed by atoms with Crippen molar-refractivity contribution in [1.82, 2.24) is 0 Å². The maximum absolute atomic E-state index is 11.3. The van der Waals surface area contributed by atoms with E-state index in [1.54, 1.807) is 0 Å². The van der Waals surface area contributed by atoms with Gasteiger partial charge >= 0.3 is 0 Å². The Hall–Kier alpha value is -1.31. The Balaban J connectivity index is 2.87. The van der Waals surface area contributed by atoms with Crippen LogP contribution in [-0.4, -0.2) is 19.9 Å². The zero-order valence-electron chi connectivity index (χ0n) is 10.0. The van der Waals surface area contributed by atoms with Crippen molar-refractivity contribution < 1.29 is 4.79 Å². The number of rotatable bonds is 4. The number of hydrogen-bond acceptors (Lipinski definition) is 2. The lowest BCUT2D eigenvalue weighted by Crippen LogP contribution is -2.10. The normalized spacial score (nSPS) is 10.1. The lowest BCUT2D eigenvalue weighted by atomic mass is 10.0. The number of ketones is 1. The van der Waals surface area contributed by atoms with E-state index >= 15 is 0 Å². The molecule has 1 rings (SSSR count). The minimum Gasteiger partial charge on any atom is -0.377 e. The standard InChI is InChI=1S/C13H19NO/c1-5-12(15)9-11-6-7-13(14(3)4)10(2)8-11/h6-8H,5,9H2,1-4H3. The molecule has 0 aromatic heterocycles. The molecule has 0 unspecified atom stereocenters. The van der Waals surface area contributed by atoms with Gasteiger partial charge in [0.25, 0.3) is 0 Å². The second-order valence-electron chi connectivity index (χ2n) is 4.08. The third-order valence-corrected chi connectivity index (χ3v) is 2.54. The average Bonchev–Trinajstić information content (AvgIpc) is 2.17. The number of anilines is 1. The van der Waals surface area contributed by atoms with Gasteiger partial charge in [-0.1, -0.05) is 19.1 Å². The fraction of sp³-hybridized carbons (Fsp3) is 0.462. The molecule has 0 radical (unpaired) electrons. The summed E-state index contributed by atoms with van der Waals surface area (Å²) in [4.78, 5) is 13.4. The molecule has 15 heavy (non-hydrogen) atoms. The third kappa shape index (κ3) is 3.08. The molecule has 2 nitrogen and oxygen atoms in total. The van der Waals surface area contributed by atoms with Gasteiger partial charge < -0.3 is 4.90 Å². The van der Waals surface area contributed by atoms with Gasteiger partial charge in [0.1, 0.15) is 5.78 Å². The molecular formula is C13H19NO. The Morgan fingerprint density at radius 1 is 1.33 bits per heavy atom. The molecule has 0 heterocycles. The number of benzene rings is 1. The van der Waals surface area contributed by atoms with Gasteiger partial charge in [0, 0.05) is 32.6 Å². The molecule has 0 saturated carbocycles. The van der Waals surface area contributed by atoms with Crippen molar-refractivity contribution in [3.63, 3.8) is 0 Å². The molecule has 82 valence electrons. The fourth-order valence-corrected chi connectivity index (χ4v) is 1.68. The lowest BCUT2D eigenvalue weighted by Gasteiger charge is -2.16. The first-order chi connectivity index (χ1) is 7.04. The van der Waals surface area contributed by atoms with Crippen molar-refractivity contribution in [2.75, 3.05) is 19.0 Å².